The summed E-state index contributed by atoms with van der Waals surface area (Å²) in [4.78, 5) is 28.3. The molecule has 0 aromatic heterocycles. The van der Waals surface area contributed by atoms with E-state index < -0.39 is 0 Å². The van der Waals surface area contributed by atoms with E-state index >= 15 is 0 Å². The van der Waals surface area contributed by atoms with E-state index in [0.717, 1.165) is 5.69 Å². The monoisotopic (exact) mass is 405 g/mol. The molecule has 2 aromatic carbocycles. The van der Waals surface area contributed by atoms with Gasteiger partial charge in [0.1, 0.15) is 5.75 Å². The Morgan fingerprint density at radius 1 is 1.00 bits per heavy atom. The van der Waals surface area contributed by atoms with Crippen LogP contribution in [0, 0.1) is 0 Å². The molecule has 0 unspecified atom stereocenters. The predicted octanol–water partition coefficient (Wildman–Crippen LogP) is 3.29. The molecule has 8 heteroatoms. The van der Waals surface area contributed by atoms with Crippen molar-refractivity contribution in [2.24, 2.45) is 0 Å². The summed E-state index contributed by atoms with van der Waals surface area (Å²) in [6.45, 7) is 2.60. The maximum Gasteiger partial charge on any atom is 0.262 e. The number of hydrogen-bond acceptors (Lipinski definition) is 4. The second kappa shape index (κ2) is 7.29. The van der Waals surface area contributed by atoms with E-state index in [9.17, 15) is 9.59 Å². The Hall–Kier alpha value is -2.44. The van der Waals surface area contributed by atoms with Crippen molar-refractivity contribution in [1.82, 2.24) is 4.90 Å². The summed E-state index contributed by atoms with van der Waals surface area (Å²) >= 11 is 12.1. The van der Waals surface area contributed by atoms with Crippen LogP contribution in [0.25, 0.3) is 0 Å². The second-order valence-corrected chi connectivity index (χ2v) is 7.24. The van der Waals surface area contributed by atoms with Crippen molar-refractivity contribution in [3.8, 4) is 5.75 Å². The Kier molecular flexibility index (Phi) is 4.85. The molecule has 2 heterocycles. The van der Waals surface area contributed by atoms with Gasteiger partial charge in [-0.15, -0.1) is 0 Å². The van der Waals surface area contributed by atoms with E-state index in [-0.39, 0.29) is 18.4 Å². The molecule has 27 heavy (non-hydrogen) atoms. The van der Waals surface area contributed by atoms with Crippen LogP contribution in [0.1, 0.15) is 10.4 Å². The molecule has 0 bridgehead atoms. The van der Waals surface area contributed by atoms with Gasteiger partial charge in [-0.05, 0) is 36.4 Å². The third-order valence-electron chi connectivity index (χ3n) is 4.69. The standard InChI is InChI=1S/C19H17Cl2N3O3/c20-14-3-2-13(10-15(14)21)23-5-7-24(8-6-23)19(26)12-1-4-17-16(9-12)22-18(25)11-27-17/h1-4,9-10H,5-8,11H2,(H,22,25). The molecule has 0 saturated carbocycles. The van der Waals surface area contributed by atoms with Crippen molar-refractivity contribution in [3.63, 3.8) is 0 Å². The van der Waals surface area contributed by atoms with Gasteiger partial charge in [0.25, 0.3) is 11.8 Å². The number of carbonyl (C=O) groups is 2. The molecule has 4 rings (SSSR count). The smallest absolute Gasteiger partial charge is 0.262 e. The molecule has 1 saturated heterocycles. The lowest BCUT2D eigenvalue weighted by Gasteiger charge is -2.36. The van der Waals surface area contributed by atoms with Crippen LogP contribution in [-0.4, -0.2) is 49.5 Å². The zero-order valence-corrected chi connectivity index (χ0v) is 15.9. The van der Waals surface area contributed by atoms with E-state index in [4.69, 9.17) is 27.9 Å². The summed E-state index contributed by atoms with van der Waals surface area (Å²) < 4.78 is 5.33. The topological polar surface area (TPSA) is 61.9 Å². The highest BCUT2D eigenvalue weighted by Crippen LogP contribution is 2.30. The number of rotatable bonds is 2. The van der Waals surface area contributed by atoms with Gasteiger partial charge in [-0.1, -0.05) is 23.2 Å². The van der Waals surface area contributed by atoms with Crippen LogP contribution in [-0.2, 0) is 4.79 Å². The Morgan fingerprint density at radius 3 is 2.52 bits per heavy atom. The molecule has 0 atom stereocenters. The van der Waals surface area contributed by atoms with Crippen LogP contribution < -0.4 is 15.0 Å². The second-order valence-electron chi connectivity index (χ2n) is 6.43. The molecule has 2 aliphatic rings. The fourth-order valence-electron chi connectivity index (χ4n) is 3.25. The first kappa shape index (κ1) is 17.9. The maximum absolute atomic E-state index is 12.8. The van der Waals surface area contributed by atoms with E-state index in [1.807, 2.05) is 12.1 Å². The van der Waals surface area contributed by atoms with E-state index in [1.165, 1.54) is 0 Å². The van der Waals surface area contributed by atoms with Crippen molar-refractivity contribution < 1.29 is 14.3 Å². The fourth-order valence-corrected chi connectivity index (χ4v) is 3.54. The first-order valence-corrected chi connectivity index (χ1v) is 9.33. The molecular weight excluding hydrogens is 389 g/mol. The summed E-state index contributed by atoms with van der Waals surface area (Å²) in [5.41, 5.74) is 2.05. The number of hydrogen-bond donors (Lipinski definition) is 1. The summed E-state index contributed by atoms with van der Waals surface area (Å²) in [6.07, 6.45) is 0. The molecule has 6 nitrogen and oxygen atoms in total. The Bertz CT molecular complexity index is 911. The van der Waals surface area contributed by atoms with Crippen molar-refractivity contribution in [3.05, 3.63) is 52.0 Å². The fraction of sp³-hybridized carbons (Fsp3) is 0.263. The molecule has 2 aliphatic heterocycles. The van der Waals surface area contributed by atoms with Crippen molar-refractivity contribution >= 4 is 46.4 Å². The Morgan fingerprint density at radius 2 is 1.78 bits per heavy atom. The lowest BCUT2D eigenvalue weighted by atomic mass is 10.1. The first-order valence-electron chi connectivity index (χ1n) is 8.57. The van der Waals surface area contributed by atoms with Gasteiger partial charge in [0.2, 0.25) is 0 Å². The average Bonchev–Trinajstić information content (AvgIpc) is 2.69. The number of fused-ring (bicyclic) bond motifs is 1. The van der Waals surface area contributed by atoms with Gasteiger partial charge in [0.05, 0.1) is 15.7 Å². The van der Waals surface area contributed by atoms with Crippen LogP contribution >= 0.6 is 23.2 Å². The SMILES string of the molecule is O=C1COc2ccc(C(=O)N3CCN(c4ccc(Cl)c(Cl)c4)CC3)cc2N1. The van der Waals surface area contributed by atoms with Crippen molar-refractivity contribution in [2.75, 3.05) is 43.0 Å². The van der Waals surface area contributed by atoms with E-state index in [2.05, 4.69) is 10.2 Å². The van der Waals surface area contributed by atoms with Crippen LogP contribution in [0.2, 0.25) is 10.0 Å². The summed E-state index contributed by atoms with van der Waals surface area (Å²) in [6, 6.07) is 10.7. The lowest BCUT2D eigenvalue weighted by Crippen LogP contribution is -2.48. The number of benzene rings is 2. The lowest BCUT2D eigenvalue weighted by molar-refractivity contribution is -0.118. The molecule has 1 N–H and O–H groups in total. The number of amides is 2. The maximum atomic E-state index is 12.8. The van der Waals surface area contributed by atoms with Crippen molar-refractivity contribution in [2.45, 2.75) is 0 Å². The minimum Gasteiger partial charge on any atom is -0.482 e. The molecule has 0 radical (unpaired) electrons. The van der Waals surface area contributed by atoms with Crippen LogP contribution in [0.5, 0.6) is 5.75 Å². The highest BCUT2D eigenvalue weighted by molar-refractivity contribution is 6.42. The van der Waals surface area contributed by atoms with Crippen molar-refractivity contribution in [1.29, 1.82) is 0 Å². The molecule has 0 spiro atoms. The number of anilines is 2. The largest absolute Gasteiger partial charge is 0.482 e. The zero-order chi connectivity index (χ0) is 19.0. The molecule has 1 fully saturated rings. The van der Waals surface area contributed by atoms with Gasteiger partial charge in [0.15, 0.2) is 6.61 Å². The van der Waals surface area contributed by atoms with E-state index in [1.54, 1.807) is 29.2 Å². The molecule has 2 amide bonds. The third kappa shape index (κ3) is 3.68. The Balaban J connectivity index is 1.43. The highest BCUT2D eigenvalue weighted by Gasteiger charge is 2.24. The third-order valence-corrected chi connectivity index (χ3v) is 5.43. The van der Waals surface area contributed by atoms with Crippen LogP contribution in [0.15, 0.2) is 36.4 Å². The molecule has 0 aliphatic carbocycles. The number of ether oxygens (including phenoxy) is 1. The number of nitrogens with one attached hydrogen (secondary N) is 1. The molecule has 2 aromatic rings. The van der Waals surface area contributed by atoms with Gasteiger partial charge in [0, 0.05) is 37.4 Å². The van der Waals surface area contributed by atoms with Gasteiger partial charge in [-0.25, -0.2) is 0 Å². The normalized spacial score (nSPS) is 16.4. The van der Waals surface area contributed by atoms with Gasteiger partial charge < -0.3 is 19.9 Å². The predicted molar refractivity (Wildman–Crippen MR) is 105 cm³/mol. The molecular formula is C19H17Cl2N3O3. The summed E-state index contributed by atoms with van der Waals surface area (Å²) in [7, 11) is 0. The van der Waals surface area contributed by atoms with Gasteiger partial charge >= 0.3 is 0 Å². The summed E-state index contributed by atoms with van der Waals surface area (Å²) in [5.74, 6) is 0.296. The van der Waals surface area contributed by atoms with Gasteiger partial charge in [-0.2, -0.15) is 0 Å². The van der Waals surface area contributed by atoms with Crippen LogP contribution in [0.4, 0.5) is 11.4 Å². The summed E-state index contributed by atoms with van der Waals surface area (Å²) in [5, 5.41) is 3.78. The average molecular weight is 406 g/mol. The minimum absolute atomic E-state index is 0.00301. The quantitative estimate of drug-likeness (QED) is 0.832. The number of halogens is 2. The number of piperazine rings is 1. The minimum atomic E-state index is -0.220. The first-order chi connectivity index (χ1) is 13.0. The number of carbonyl (C=O) groups excluding carboxylic acids is 2. The Labute approximate surface area is 166 Å². The number of nitrogens with zero attached hydrogens (tertiary/aromatic N) is 2. The molecule has 140 valence electrons. The highest BCUT2D eigenvalue weighted by atomic mass is 35.5. The zero-order valence-electron chi connectivity index (χ0n) is 14.4. The van der Waals surface area contributed by atoms with Crippen LogP contribution in [0.3, 0.4) is 0 Å². The van der Waals surface area contributed by atoms with E-state index in [0.29, 0.717) is 53.2 Å². The van der Waals surface area contributed by atoms with Gasteiger partial charge in [-0.3, -0.25) is 9.59 Å².